The Bertz CT molecular complexity index is 1100. The zero-order chi connectivity index (χ0) is 35.2. The molecule has 1 aromatic carbocycles. The van der Waals surface area contributed by atoms with E-state index < -0.39 is 18.2 Å². The summed E-state index contributed by atoms with van der Waals surface area (Å²) in [4.78, 5) is 48.9. The Balaban J connectivity index is 1.78. The molecule has 48 heavy (non-hydrogen) atoms. The summed E-state index contributed by atoms with van der Waals surface area (Å²) in [7, 11) is 1.78. The van der Waals surface area contributed by atoms with Gasteiger partial charge in [0, 0.05) is 39.5 Å². The molecule has 0 unspecified atom stereocenters. The van der Waals surface area contributed by atoms with Crippen LogP contribution in [-0.2, 0) is 14.4 Å². The van der Waals surface area contributed by atoms with Crippen molar-refractivity contribution in [2.45, 2.75) is 130 Å². The first kappa shape index (κ1) is 39.9. The first-order valence-electron chi connectivity index (χ1n) is 18.9. The summed E-state index contributed by atoms with van der Waals surface area (Å²) in [5.74, 6) is 0.504. The van der Waals surface area contributed by atoms with Gasteiger partial charge >= 0.3 is 0 Å². The van der Waals surface area contributed by atoms with Crippen LogP contribution in [0.1, 0.15) is 117 Å². The van der Waals surface area contributed by atoms with Gasteiger partial charge in [0.25, 0.3) is 0 Å². The highest BCUT2D eigenvalue weighted by Crippen LogP contribution is 2.35. The molecule has 3 amide bonds. The average Bonchev–Trinajstić information content (AvgIpc) is 3.92. The molecule has 3 rings (SSSR count). The molecule has 1 aromatic rings. The normalized spacial score (nSPS) is 18.0. The second-order valence-electron chi connectivity index (χ2n) is 14.9. The number of amides is 3. The molecule has 0 aromatic heterocycles. The topological polar surface area (TPSA) is 105 Å². The first-order chi connectivity index (χ1) is 22.9. The highest BCUT2D eigenvalue weighted by molar-refractivity contribution is 5.88. The van der Waals surface area contributed by atoms with Gasteiger partial charge in [-0.25, -0.2) is 0 Å². The lowest BCUT2D eigenvalue weighted by Crippen LogP contribution is -2.53. The van der Waals surface area contributed by atoms with Crippen LogP contribution < -0.4 is 0 Å². The fourth-order valence-corrected chi connectivity index (χ4v) is 7.17. The number of nitrogens with zero attached hydrogens (tertiary/aromatic N) is 4. The minimum absolute atomic E-state index is 0.00369. The minimum atomic E-state index is -1.04. The number of aliphatic hydroxyl groups excluding tert-OH is 2. The van der Waals surface area contributed by atoms with Gasteiger partial charge in [-0.2, -0.15) is 0 Å². The number of likely N-dealkylation sites (N-methyl/N-ethyl adjacent to an activating group) is 2. The van der Waals surface area contributed by atoms with Gasteiger partial charge in [-0.1, -0.05) is 90.1 Å². The molecule has 9 nitrogen and oxygen atoms in total. The smallest absolute Gasteiger partial charge is 0.242 e. The monoisotopic (exact) mass is 671 g/mol. The Hall–Kier alpha value is -2.49. The number of aliphatic hydroxyl groups is 2. The molecule has 9 heteroatoms. The number of hydrogen-bond donors (Lipinski definition) is 2. The van der Waals surface area contributed by atoms with E-state index in [1.807, 2.05) is 56.0 Å². The maximum atomic E-state index is 14.1. The van der Waals surface area contributed by atoms with Gasteiger partial charge in [-0.15, -0.1) is 0 Å². The Kier molecular flexibility index (Phi) is 16.8. The van der Waals surface area contributed by atoms with E-state index in [1.165, 1.54) is 6.42 Å². The molecule has 2 aliphatic carbocycles. The predicted molar refractivity (Wildman–Crippen MR) is 192 cm³/mol. The number of benzene rings is 1. The third-order valence-electron chi connectivity index (χ3n) is 10.7. The lowest BCUT2D eigenvalue weighted by molar-refractivity contribution is -0.145. The van der Waals surface area contributed by atoms with Crippen LogP contribution in [0.5, 0.6) is 0 Å². The molecule has 272 valence electrons. The van der Waals surface area contributed by atoms with E-state index in [9.17, 15) is 24.6 Å². The summed E-state index contributed by atoms with van der Waals surface area (Å²) in [5.41, 5.74) is 0.931. The second-order valence-corrected chi connectivity index (χ2v) is 14.9. The summed E-state index contributed by atoms with van der Waals surface area (Å²) in [6.45, 7) is 13.9. The summed E-state index contributed by atoms with van der Waals surface area (Å²) >= 11 is 0. The van der Waals surface area contributed by atoms with E-state index in [2.05, 4.69) is 18.7 Å². The van der Waals surface area contributed by atoms with Crippen molar-refractivity contribution in [3.8, 4) is 0 Å². The van der Waals surface area contributed by atoms with Gasteiger partial charge in [-0.3, -0.25) is 14.4 Å². The number of carbonyl (C=O) groups is 3. The van der Waals surface area contributed by atoms with E-state index in [0.29, 0.717) is 37.8 Å². The lowest BCUT2D eigenvalue weighted by atomic mass is 9.81. The van der Waals surface area contributed by atoms with Gasteiger partial charge in [-0.05, 0) is 69.0 Å². The molecule has 2 saturated carbocycles. The minimum Gasteiger partial charge on any atom is -0.390 e. The Labute approximate surface area is 291 Å². The van der Waals surface area contributed by atoms with Crippen LogP contribution in [0, 0.1) is 17.8 Å². The molecular weight excluding hydrogens is 604 g/mol. The van der Waals surface area contributed by atoms with Crippen LogP contribution in [0.3, 0.4) is 0 Å². The molecule has 0 heterocycles. The molecule has 0 aliphatic heterocycles. The van der Waals surface area contributed by atoms with Gasteiger partial charge in [0.15, 0.2) is 0 Å². The predicted octanol–water partition coefficient (Wildman–Crippen LogP) is 5.50. The van der Waals surface area contributed by atoms with E-state index >= 15 is 0 Å². The Morgan fingerprint density at radius 1 is 0.792 bits per heavy atom. The van der Waals surface area contributed by atoms with Crippen molar-refractivity contribution in [2.24, 2.45) is 17.8 Å². The number of rotatable bonds is 21. The highest BCUT2D eigenvalue weighted by Gasteiger charge is 2.39. The zero-order valence-electron chi connectivity index (χ0n) is 30.9. The van der Waals surface area contributed by atoms with Gasteiger partial charge < -0.3 is 29.8 Å². The summed E-state index contributed by atoms with van der Waals surface area (Å²) in [6.07, 6.45) is 6.98. The van der Waals surface area contributed by atoms with Crippen LogP contribution in [0.25, 0.3) is 0 Å². The Morgan fingerprint density at radius 3 is 1.96 bits per heavy atom. The number of hydrogen-bond acceptors (Lipinski definition) is 6. The SMILES string of the molecule is CCN(CC)CCN(C)C(=O)CN(C(=O)CCC(=O)N(CC1CC1)[C@@H](CC1CCCCC1)[C@@H](O)[C@@H](O)CC(C)C)[C@@H](C)c1ccccc1. The Morgan fingerprint density at radius 2 is 1.40 bits per heavy atom. The standard InChI is InChI=1S/C39H66N4O5/c1-7-41(8-2)24-23-40(6)38(47)28-42(30(5)33-17-13-10-14-18-33)36(45)21-22-37(46)43(27-32-19-20-32)34(26-31-15-11-9-12-16-31)39(48)35(44)25-29(3)4/h10,13-14,17-18,29-32,34-35,39,44,48H,7-9,11-12,15-16,19-28H2,1-6H3/t30-,34-,35-,39+/m0/s1. The van der Waals surface area contributed by atoms with E-state index in [0.717, 1.165) is 63.7 Å². The van der Waals surface area contributed by atoms with Crippen LogP contribution in [0.15, 0.2) is 30.3 Å². The summed E-state index contributed by atoms with van der Waals surface area (Å²) < 4.78 is 0. The van der Waals surface area contributed by atoms with Crippen molar-refractivity contribution in [3.05, 3.63) is 35.9 Å². The zero-order valence-corrected chi connectivity index (χ0v) is 30.9. The third kappa shape index (κ3) is 12.8. The average molecular weight is 671 g/mol. The van der Waals surface area contributed by atoms with Crippen LogP contribution in [0.2, 0.25) is 0 Å². The van der Waals surface area contributed by atoms with Crippen molar-refractivity contribution in [1.29, 1.82) is 0 Å². The molecule has 4 atom stereocenters. The fraction of sp³-hybridized carbons (Fsp3) is 0.769. The van der Waals surface area contributed by atoms with Crippen molar-refractivity contribution < 1.29 is 24.6 Å². The molecular formula is C39H66N4O5. The summed E-state index contributed by atoms with van der Waals surface area (Å²) in [6, 6.07) is 8.88. The van der Waals surface area contributed by atoms with Gasteiger partial charge in [0.2, 0.25) is 17.7 Å². The molecule has 0 saturated heterocycles. The highest BCUT2D eigenvalue weighted by atomic mass is 16.3. The van der Waals surface area contributed by atoms with Gasteiger partial charge in [0.05, 0.1) is 18.2 Å². The molecule has 0 bridgehead atoms. The van der Waals surface area contributed by atoms with Crippen LogP contribution in [-0.4, -0.2) is 112 Å². The van der Waals surface area contributed by atoms with E-state index in [1.54, 1.807) is 16.8 Å². The van der Waals surface area contributed by atoms with Crippen molar-refractivity contribution in [1.82, 2.24) is 19.6 Å². The van der Waals surface area contributed by atoms with Crippen LogP contribution >= 0.6 is 0 Å². The molecule has 2 aliphatic rings. The lowest BCUT2D eigenvalue weighted by Gasteiger charge is -2.40. The van der Waals surface area contributed by atoms with Crippen molar-refractivity contribution in [3.63, 3.8) is 0 Å². The van der Waals surface area contributed by atoms with E-state index in [-0.39, 0.29) is 49.1 Å². The van der Waals surface area contributed by atoms with Crippen molar-refractivity contribution >= 4 is 17.7 Å². The molecule has 0 radical (unpaired) electrons. The number of carbonyl (C=O) groups excluding carboxylic acids is 3. The van der Waals surface area contributed by atoms with Crippen molar-refractivity contribution in [2.75, 3.05) is 46.3 Å². The third-order valence-corrected chi connectivity index (χ3v) is 10.7. The fourth-order valence-electron chi connectivity index (χ4n) is 7.17. The quantitative estimate of drug-likeness (QED) is 0.179. The largest absolute Gasteiger partial charge is 0.390 e. The maximum absolute atomic E-state index is 14.1. The van der Waals surface area contributed by atoms with Crippen LogP contribution in [0.4, 0.5) is 0 Å². The van der Waals surface area contributed by atoms with Gasteiger partial charge in [0.1, 0.15) is 12.6 Å². The summed E-state index contributed by atoms with van der Waals surface area (Å²) in [5, 5.41) is 22.6. The second kappa shape index (κ2) is 20.2. The maximum Gasteiger partial charge on any atom is 0.242 e. The molecule has 2 fully saturated rings. The first-order valence-corrected chi connectivity index (χ1v) is 18.9. The van der Waals surface area contributed by atoms with E-state index in [4.69, 9.17) is 0 Å². The molecule has 0 spiro atoms. The molecule has 2 N–H and O–H groups in total.